The van der Waals surface area contributed by atoms with Gasteiger partial charge in [0.1, 0.15) is 4.83 Å². The van der Waals surface area contributed by atoms with Crippen molar-refractivity contribution in [1.29, 1.82) is 0 Å². The molecule has 2 aromatic rings. The maximum absolute atomic E-state index is 13.4. The van der Waals surface area contributed by atoms with Gasteiger partial charge in [-0.05, 0) is 51.5 Å². The number of thioether (sulfide) groups is 1. The topological polar surface area (TPSA) is 64.4 Å². The second-order valence-corrected chi connectivity index (χ2v) is 9.36. The summed E-state index contributed by atoms with van der Waals surface area (Å²) in [6, 6.07) is 0. The van der Waals surface area contributed by atoms with Crippen LogP contribution in [0.3, 0.4) is 0 Å². The Morgan fingerprint density at radius 2 is 2.14 bits per heavy atom. The van der Waals surface area contributed by atoms with Crippen LogP contribution in [0.4, 0.5) is 0 Å². The lowest BCUT2D eigenvalue weighted by Gasteiger charge is -2.19. The van der Waals surface area contributed by atoms with E-state index < -0.39 is 0 Å². The number of nitrogens with zero attached hydrogens (tertiary/aromatic N) is 3. The van der Waals surface area contributed by atoms with Gasteiger partial charge in [-0.2, -0.15) is 0 Å². The Hall–Kier alpha value is -1.38. The predicted molar refractivity (Wildman–Crippen MR) is 114 cm³/mol. The van der Waals surface area contributed by atoms with Crippen LogP contribution in [0.1, 0.15) is 43.6 Å². The summed E-state index contributed by atoms with van der Waals surface area (Å²) < 4.78 is 7.55. The van der Waals surface area contributed by atoms with Crippen molar-refractivity contribution in [1.82, 2.24) is 14.5 Å². The van der Waals surface area contributed by atoms with Crippen molar-refractivity contribution in [2.45, 2.75) is 63.8 Å². The maximum atomic E-state index is 13.4. The molecule has 0 saturated carbocycles. The summed E-state index contributed by atoms with van der Waals surface area (Å²) in [6.07, 6.45) is 5.20. The average molecular weight is 422 g/mol. The molecule has 0 spiro atoms. The van der Waals surface area contributed by atoms with Gasteiger partial charge in [-0.3, -0.25) is 14.2 Å². The van der Waals surface area contributed by atoms with E-state index in [1.54, 1.807) is 15.9 Å². The highest BCUT2D eigenvalue weighted by Crippen LogP contribution is 2.35. The van der Waals surface area contributed by atoms with Crippen molar-refractivity contribution >= 4 is 39.2 Å². The number of carbonyl (C=O) groups is 1. The molecule has 1 fully saturated rings. The third-order valence-corrected chi connectivity index (χ3v) is 7.79. The molecule has 1 amide bonds. The van der Waals surface area contributed by atoms with Crippen molar-refractivity contribution in [3.8, 4) is 0 Å². The van der Waals surface area contributed by atoms with Crippen molar-refractivity contribution in [3.05, 3.63) is 20.8 Å². The summed E-state index contributed by atoms with van der Waals surface area (Å²) in [7, 11) is 0. The van der Waals surface area contributed by atoms with Gasteiger partial charge in [0, 0.05) is 24.6 Å². The molecule has 152 valence electrons. The second kappa shape index (κ2) is 8.55. The monoisotopic (exact) mass is 421 g/mol. The number of aryl methyl sites for hydroxylation is 2. The van der Waals surface area contributed by atoms with Gasteiger partial charge in [0.15, 0.2) is 5.16 Å². The Kier molecular flexibility index (Phi) is 6.08. The van der Waals surface area contributed by atoms with Gasteiger partial charge in [0.2, 0.25) is 5.91 Å². The molecular formula is C20H27N3O3S2. The van der Waals surface area contributed by atoms with Crippen LogP contribution in [0.15, 0.2) is 9.95 Å². The molecule has 2 aliphatic rings. The molecule has 4 rings (SSSR count). The fourth-order valence-corrected chi connectivity index (χ4v) is 6.33. The summed E-state index contributed by atoms with van der Waals surface area (Å²) in [4.78, 5) is 34.7. The van der Waals surface area contributed by atoms with Crippen molar-refractivity contribution in [3.63, 3.8) is 0 Å². The van der Waals surface area contributed by atoms with Gasteiger partial charge in [0.05, 0.1) is 23.8 Å². The number of fused-ring (bicyclic) bond motifs is 3. The normalized spacial score (nSPS) is 18.7. The van der Waals surface area contributed by atoms with Gasteiger partial charge in [0.25, 0.3) is 5.56 Å². The summed E-state index contributed by atoms with van der Waals surface area (Å²) in [5, 5.41) is 1.45. The van der Waals surface area contributed by atoms with Gasteiger partial charge in [-0.15, -0.1) is 11.3 Å². The number of rotatable bonds is 7. The Labute approximate surface area is 173 Å². The van der Waals surface area contributed by atoms with E-state index in [-0.39, 0.29) is 17.6 Å². The summed E-state index contributed by atoms with van der Waals surface area (Å²) in [5.41, 5.74) is 1.24. The third-order valence-electron chi connectivity index (χ3n) is 5.64. The smallest absolute Gasteiger partial charge is 0.263 e. The molecule has 1 saturated heterocycles. The van der Waals surface area contributed by atoms with Gasteiger partial charge in [-0.25, -0.2) is 4.98 Å². The van der Waals surface area contributed by atoms with Gasteiger partial charge in [-0.1, -0.05) is 11.8 Å². The summed E-state index contributed by atoms with van der Waals surface area (Å²) >= 11 is 3.03. The highest BCUT2D eigenvalue weighted by molar-refractivity contribution is 7.99. The number of hydrogen-bond donors (Lipinski definition) is 0. The first-order valence-electron chi connectivity index (χ1n) is 10.2. The minimum Gasteiger partial charge on any atom is -0.376 e. The maximum Gasteiger partial charge on any atom is 0.263 e. The Bertz CT molecular complexity index is 927. The van der Waals surface area contributed by atoms with Crippen LogP contribution in [-0.4, -0.2) is 51.9 Å². The predicted octanol–water partition coefficient (Wildman–Crippen LogP) is 3.09. The Morgan fingerprint density at radius 3 is 2.86 bits per heavy atom. The standard InChI is InChI=1S/C20H27N3O3S2/c1-3-22(4-2)16(24)12-27-20-21-18-17(14-8-5-9-15(14)28-18)19(25)23(20)11-13-7-6-10-26-13/h13H,3-12H2,1-2H3/t13-/m0/s1. The average Bonchev–Trinajstić information content (AvgIpc) is 3.40. The lowest BCUT2D eigenvalue weighted by Crippen LogP contribution is -2.33. The lowest BCUT2D eigenvalue weighted by molar-refractivity contribution is -0.127. The van der Waals surface area contributed by atoms with Crippen LogP contribution in [0.25, 0.3) is 10.2 Å². The number of ether oxygens (including phenoxy) is 1. The van der Waals surface area contributed by atoms with E-state index in [1.807, 2.05) is 18.7 Å². The van der Waals surface area contributed by atoms with Crippen molar-refractivity contribution < 1.29 is 9.53 Å². The molecule has 0 N–H and O–H groups in total. The van der Waals surface area contributed by atoms with E-state index in [9.17, 15) is 9.59 Å². The molecule has 8 heteroatoms. The molecule has 3 heterocycles. The summed E-state index contributed by atoms with van der Waals surface area (Å²) in [5.74, 6) is 0.387. The van der Waals surface area contributed by atoms with Gasteiger partial charge >= 0.3 is 0 Å². The van der Waals surface area contributed by atoms with E-state index in [0.29, 0.717) is 30.5 Å². The van der Waals surface area contributed by atoms with Crippen LogP contribution in [0.2, 0.25) is 0 Å². The molecule has 1 aliphatic carbocycles. The molecule has 6 nitrogen and oxygen atoms in total. The van der Waals surface area contributed by atoms with E-state index in [0.717, 1.165) is 48.9 Å². The van der Waals surface area contributed by atoms with E-state index in [2.05, 4.69) is 0 Å². The van der Waals surface area contributed by atoms with Crippen molar-refractivity contribution in [2.24, 2.45) is 0 Å². The molecule has 1 aliphatic heterocycles. The first kappa shape index (κ1) is 19.9. The van der Waals surface area contributed by atoms with E-state index in [1.165, 1.54) is 22.2 Å². The van der Waals surface area contributed by atoms with Gasteiger partial charge < -0.3 is 9.64 Å². The van der Waals surface area contributed by atoms with E-state index >= 15 is 0 Å². The largest absolute Gasteiger partial charge is 0.376 e. The fraction of sp³-hybridized carbons (Fsp3) is 0.650. The van der Waals surface area contributed by atoms with Crippen LogP contribution in [0.5, 0.6) is 0 Å². The first-order chi connectivity index (χ1) is 13.6. The zero-order valence-corrected chi connectivity index (χ0v) is 18.2. The Morgan fingerprint density at radius 1 is 1.32 bits per heavy atom. The lowest BCUT2D eigenvalue weighted by atomic mass is 10.2. The highest BCUT2D eigenvalue weighted by atomic mass is 32.2. The molecule has 0 bridgehead atoms. The van der Waals surface area contributed by atoms with E-state index in [4.69, 9.17) is 9.72 Å². The zero-order valence-electron chi connectivity index (χ0n) is 16.5. The Balaban J connectivity index is 1.69. The van der Waals surface area contributed by atoms with Crippen LogP contribution >= 0.6 is 23.1 Å². The molecule has 28 heavy (non-hydrogen) atoms. The molecular weight excluding hydrogens is 394 g/mol. The van der Waals surface area contributed by atoms with Crippen LogP contribution in [-0.2, 0) is 28.9 Å². The number of carbonyl (C=O) groups excluding carboxylic acids is 1. The number of thiophene rings is 1. The third kappa shape index (κ3) is 3.74. The molecule has 1 atom stereocenters. The second-order valence-electron chi connectivity index (χ2n) is 7.34. The number of hydrogen-bond acceptors (Lipinski definition) is 6. The zero-order chi connectivity index (χ0) is 19.7. The first-order valence-corrected chi connectivity index (χ1v) is 12.0. The number of aromatic nitrogens is 2. The molecule has 2 aromatic heterocycles. The molecule has 0 unspecified atom stereocenters. The SMILES string of the molecule is CCN(CC)C(=O)CSc1nc2sc3c(c2c(=O)n1C[C@@H]1CCCO1)CCC3. The molecule has 0 radical (unpaired) electrons. The van der Waals surface area contributed by atoms with Crippen LogP contribution < -0.4 is 5.56 Å². The number of amides is 1. The minimum atomic E-state index is 0.0395. The fourth-order valence-electron chi connectivity index (χ4n) is 4.12. The summed E-state index contributed by atoms with van der Waals surface area (Å²) in [6.45, 7) is 6.64. The van der Waals surface area contributed by atoms with Crippen LogP contribution in [0, 0.1) is 0 Å². The highest BCUT2D eigenvalue weighted by Gasteiger charge is 2.26. The van der Waals surface area contributed by atoms with Crippen molar-refractivity contribution in [2.75, 3.05) is 25.4 Å². The quantitative estimate of drug-likeness (QED) is 0.508. The minimum absolute atomic E-state index is 0.0395. The molecule has 0 aromatic carbocycles.